The molecule has 0 spiro atoms. The number of fused-ring (bicyclic) bond motifs is 1. The van der Waals surface area contributed by atoms with Crippen molar-refractivity contribution in [1.82, 2.24) is 0 Å². The molecule has 102 valence electrons. The lowest BCUT2D eigenvalue weighted by atomic mass is 9.79. The van der Waals surface area contributed by atoms with Gasteiger partial charge in [-0.25, -0.2) is 22.0 Å². The highest BCUT2D eigenvalue weighted by molar-refractivity contribution is 6.63. The molecule has 2 aromatic carbocycles. The summed E-state index contributed by atoms with van der Waals surface area (Å²) in [6.07, 6.45) is 0. The van der Waals surface area contributed by atoms with Crippen molar-refractivity contribution in [3.8, 4) is 11.5 Å². The highest BCUT2D eigenvalue weighted by atomic mass is 19.2. The fourth-order valence-electron chi connectivity index (χ4n) is 1.82. The fraction of sp³-hybridized carbons (Fsp3) is 0. The van der Waals surface area contributed by atoms with E-state index in [2.05, 4.69) is 0 Å². The van der Waals surface area contributed by atoms with Crippen LogP contribution in [0.4, 0.5) is 22.0 Å². The molecule has 2 nitrogen and oxygen atoms in total. The molecule has 0 aliphatic carbocycles. The number of hydrogen-bond acceptors (Lipinski definition) is 2. The van der Waals surface area contributed by atoms with E-state index in [9.17, 15) is 22.0 Å². The standard InChI is InChI=1S/C12H4BF5O2/c14-6-1-2-7(15)12-11(6)19-13(20-12)5-3-8(16)10(18)9(17)4-5/h1-4H. The molecule has 8 heteroatoms. The number of benzene rings is 2. The largest absolute Gasteiger partial charge is 0.633 e. The van der Waals surface area contributed by atoms with E-state index in [-0.39, 0.29) is 5.46 Å². The molecule has 0 aromatic heterocycles. The van der Waals surface area contributed by atoms with Crippen LogP contribution in [0.3, 0.4) is 0 Å². The maximum atomic E-state index is 13.4. The van der Waals surface area contributed by atoms with Gasteiger partial charge in [0.05, 0.1) is 0 Å². The maximum Gasteiger partial charge on any atom is 0.633 e. The normalized spacial score (nSPS) is 12.9. The number of halogens is 5. The van der Waals surface area contributed by atoms with E-state index < -0.39 is 47.7 Å². The van der Waals surface area contributed by atoms with Crippen molar-refractivity contribution in [2.75, 3.05) is 0 Å². The monoisotopic (exact) mass is 286 g/mol. The first kappa shape index (κ1) is 12.8. The molecular weight excluding hydrogens is 282 g/mol. The summed E-state index contributed by atoms with van der Waals surface area (Å²) in [5, 5.41) is 0. The topological polar surface area (TPSA) is 18.5 Å². The molecule has 0 saturated heterocycles. The van der Waals surface area contributed by atoms with Crippen LogP contribution < -0.4 is 14.8 Å². The third-order valence-electron chi connectivity index (χ3n) is 2.74. The Kier molecular flexibility index (Phi) is 2.81. The van der Waals surface area contributed by atoms with Gasteiger partial charge in [0.2, 0.25) is 0 Å². The Labute approximate surface area is 109 Å². The highest BCUT2D eigenvalue weighted by Gasteiger charge is 2.39. The highest BCUT2D eigenvalue weighted by Crippen LogP contribution is 2.38. The molecule has 0 fully saturated rings. The van der Waals surface area contributed by atoms with Gasteiger partial charge in [-0.1, -0.05) is 0 Å². The molecule has 1 aliphatic rings. The first-order valence-electron chi connectivity index (χ1n) is 5.43. The third kappa shape index (κ3) is 1.88. The lowest BCUT2D eigenvalue weighted by Gasteiger charge is -2.06. The molecule has 0 bridgehead atoms. The lowest BCUT2D eigenvalue weighted by molar-refractivity contribution is 0.446. The summed E-state index contributed by atoms with van der Waals surface area (Å²) in [4.78, 5) is 0. The first-order valence-corrected chi connectivity index (χ1v) is 5.43. The van der Waals surface area contributed by atoms with E-state index in [4.69, 9.17) is 9.31 Å². The van der Waals surface area contributed by atoms with E-state index in [1.807, 2.05) is 0 Å². The van der Waals surface area contributed by atoms with Gasteiger partial charge in [0.25, 0.3) is 0 Å². The molecule has 20 heavy (non-hydrogen) atoms. The van der Waals surface area contributed by atoms with E-state index in [0.717, 1.165) is 12.1 Å². The van der Waals surface area contributed by atoms with Gasteiger partial charge in [0, 0.05) is 5.46 Å². The van der Waals surface area contributed by atoms with Gasteiger partial charge in [-0.3, -0.25) is 0 Å². The maximum absolute atomic E-state index is 13.4. The van der Waals surface area contributed by atoms with Gasteiger partial charge in [-0.2, -0.15) is 0 Å². The minimum atomic E-state index is -1.65. The number of hydrogen-bond donors (Lipinski definition) is 0. The average Bonchev–Trinajstić information content (AvgIpc) is 2.86. The SMILES string of the molecule is Fc1cc(B2Oc3c(F)ccc(F)c3O2)cc(F)c1F. The van der Waals surface area contributed by atoms with Crippen LogP contribution >= 0.6 is 0 Å². The molecule has 0 amide bonds. The van der Waals surface area contributed by atoms with Crippen molar-refractivity contribution in [1.29, 1.82) is 0 Å². The first-order chi connectivity index (χ1) is 9.47. The van der Waals surface area contributed by atoms with Crippen LogP contribution in [-0.2, 0) is 0 Å². The van der Waals surface area contributed by atoms with Crippen molar-refractivity contribution in [3.05, 3.63) is 53.4 Å². The van der Waals surface area contributed by atoms with Gasteiger partial charge in [0.1, 0.15) is 0 Å². The van der Waals surface area contributed by atoms with Crippen molar-refractivity contribution < 1.29 is 31.3 Å². The van der Waals surface area contributed by atoms with Gasteiger partial charge in [-0.15, -0.1) is 0 Å². The third-order valence-corrected chi connectivity index (χ3v) is 2.74. The Morgan fingerprint density at radius 3 is 1.60 bits per heavy atom. The van der Waals surface area contributed by atoms with Crippen LogP contribution in [0.25, 0.3) is 0 Å². The second-order valence-corrected chi connectivity index (χ2v) is 4.05. The van der Waals surface area contributed by atoms with Crippen molar-refractivity contribution in [3.63, 3.8) is 0 Å². The van der Waals surface area contributed by atoms with Crippen molar-refractivity contribution in [2.24, 2.45) is 0 Å². The summed E-state index contributed by atoms with van der Waals surface area (Å²) in [5.74, 6) is -7.32. The van der Waals surface area contributed by atoms with E-state index in [1.165, 1.54) is 0 Å². The predicted molar refractivity (Wildman–Crippen MR) is 59.3 cm³/mol. The van der Waals surface area contributed by atoms with Gasteiger partial charge in [0.15, 0.2) is 40.6 Å². The molecule has 3 rings (SSSR count). The van der Waals surface area contributed by atoms with Gasteiger partial charge >= 0.3 is 7.12 Å². The zero-order valence-corrected chi connectivity index (χ0v) is 9.59. The van der Waals surface area contributed by atoms with Crippen LogP contribution in [-0.4, -0.2) is 7.12 Å². The molecule has 0 unspecified atom stereocenters. The summed E-state index contributed by atoms with van der Waals surface area (Å²) in [6.45, 7) is 0. The van der Waals surface area contributed by atoms with Crippen molar-refractivity contribution >= 4 is 12.6 Å². The van der Waals surface area contributed by atoms with E-state index in [0.29, 0.717) is 12.1 Å². The minimum Gasteiger partial charge on any atom is -0.517 e. The minimum absolute atomic E-state index is 0.239. The van der Waals surface area contributed by atoms with Crippen LogP contribution in [0.2, 0.25) is 0 Å². The molecule has 0 saturated carbocycles. The van der Waals surface area contributed by atoms with Crippen LogP contribution in [0, 0.1) is 29.1 Å². The van der Waals surface area contributed by atoms with E-state index in [1.54, 1.807) is 0 Å². The summed E-state index contributed by atoms with van der Waals surface area (Å²) in [5.41, 5.74) is -0.239. The molecule has 0 atom stereocenters. The Balaban J connectivity index is 2.00. The average molecular weight is 286 g/mol. The summed E-state index contributed by atoms with van der Waals surface area (Å²) in [7, 11) is -1.46. The van der Waals surface area contributed by atoms with E-state index >= 15 is 0 Å². The quantitative estimate of drug-likeness (QED) is 0.455. The molecule has 0 radical (unpaired) electrons. The Morgan fingerprint density at radius 2 is 1.15 bits per heavy atom. The second-order valence-electron chi connectivity index (χ2n) is 4.05. The second kappa shape index (κ2) is 4.40. The molecule has 2 aromatic rings. The Bertz CT molecular complexity index is 652. The smallest absolute Gasteiger partial charge is 0.517 e. The van der Waals surface area contributed by atoms with Gasteiger partial charge in [-0.05, 0) is 24.3 Å². The fourth-order valence-corrected chi connectivity index (χ4v) is 1.82. The Hall–Kier alpha value is -2.25. The molecule has 1 aliphatic heterocycles. The van der Waals surface area contributed by atoms with Crippen LogP contribution in [0.15, 0.2) is 24.3 Å². The Morgan fingerprint density at radius 1 is 0.700 bits per heavy atom. The molecular formula is C12H4BF5O2. The molecule has 0 N–H and O–H groups in total. The summed E-state index contributed by atoms with van der Waals surface area (Å²) >= 11 is 0. The number of rotatable bonds is 1. The predicted octanol–water partition coefficient (Wildman–Crippen LogP) is 2.55. The van der Waals surface area contributed by atoms with Crippen molar-refractivity contribution in [2.45, 2.75) is 0 Å². The lowest BCUT2D eigenvalue weighted by Crippen LogP contribution is -2.40. The zero-order chi connectivity index (χ0) is 14.4. The van der Waals surface area contributed by atoms with Crippen LogP contribution in [0.5, 0.6) is 11.5 Å². The summed E-state index contributed by atoms with van der Waals surface area (Å²) in [6, 6.07) is 2.91. The van der Waals surface area contributed by atoms with Crippen LogP contribution in [0.1, 0.15) is 0 Å². The molecule has 1 heterocycles. The van der Waals surface area contributed by atoms with Gasteiger partial charge < -0.3 is 9.31 Å². The zero-order valence-electron chi connectivity index (χ0n) is 9.59. The summed E-state index contributed by atoms with van der Waals surface area (Å²) < 4.78 is 75.8.